The molecule has 0 saturated carbocycles. The van der Waals surface area contributed by atoms with Crippen molar-refractivity contribution in [3.63, 3.8) is 0 Å². The van der Waals surface area contributed by atoms with Gasteiger partial charge in [-0.05, 0) is 5.92 Å². The molecule has 1 atom stereocenters. The fraction of sp³-hybridized carbons (Fsp3) is 0.583. The first-order valence-corrected chi connectivity index (χ1v) is 7.05. The first-order valence-electron chi connectivity index (χ1n) is 6.10. The Bertz CT molecular complexity index is 408. The number of rotatable bonds is 7. The predicted octanol–water partition coefficient (Wildman–Crippen LogP) is 1.79. The molecule has 2 N–H and O–H groups in total. The molecule has 19 heavy (non-hydrogen) atoms. The number of carboxylic acid groups (broad SMARTS) is 1. The lowest BCUT2D eigenvalue weighted by molar-refractivity contribution is -0.138. The van der Waals surface area contributed by atoms with Crippen molar-refractivity contribution in [3.05, 3.63) is 16.6 Å². The molecule has 1 aromatic rings. The molecule has 0 spiro atoms. The smallest absolute Gasteiger partial charge is 0.317 e. The lowest BCUT2D eigenvalue weighted by Crippen LogP contribution is -2.39. The number of urea groups is 1. The van der Waals surface area contributed by atoms with Crippen LogP contribution in [0.1, 0.15) is 25.5 Å². The zero-order chi connectivity index (χ0) is 14.3. The first-order chi connectivity index (χ1) is 9.02. The summed E-state index contributed by atoms with van der Waals surface area (Å²) >= 11 is 1.49. The number of aliphatic carboxylic acids is 1. The van der Waals surface area contributed by atoms with E-state index >= 15 is 0 Å². The van der Waals surface area contributed by atoms with Gasteiger partial charge < -0.3 is 15.3 Å². The van der Waals surface area contributed by atoms with Gasteiger partial charge in [-0.3, -0.25) is 4.79 Å². The van der Waals surface area contributed by atoms with E-state index in [-0.39, 0.29) is 18.4 Å². The lowest BCUT2D eigenvalue weighted by Gasteiger charge is -2.19. The highest BCUT2D eigenvalue weighted by atomic mass is 32.1. The van der Waals surface area contributed by atoms with Gasteiger partial charge in [0.1, 0.15) is 0 Å². The van der Waals surface area contributed by atoms with Crippen LogP contribution in [0, 0.1) is 5.92 Å². The monoisotopic (exact) mass is 285 g/mol. The summed E-state index contributed by atoms with van der Waals surface area (Å²) < 4.78 is 0. The molecule has 1 aromatic heterocycles. The second-order valence-corrected chi connectivity index (χ2v) is 5.11. The van der Waals surface area contributed by atoms with Crippen LogP contribution in [0.5, 0.6) is 0 Å². The minimum Gasteiger partial charge on any atom is -0.481 e. The number of carboxylic acids is 1. The van der Waals surface area contributed by atoms with Gasteiger partial charge in [-0.15, -0.1) is 11.3 Å². The number of aromatic nitrogens is 1. The highest BCUT2D eigenvalue weighted by Crippen LogP contribution is 2.07. The van der Waals surface area contributed by atoms with Crippen LogP contribution in [-0.4, -0.2) is 40.6 Å². The number of nitrogens with one attached hydrogen (secondary N) is 1. The number of nitrogens with zero attached hydrogens (tertiary/aromatic N) is 2. The van der Waals surface area contributed by atoms with Crippen LogP contribution in [0.4, 0.5) is 4.79 Å². The fourth-order valence-electron chi connectivity index (χ4n) is 1.60. The van der Waals surface area contributed by atoms with Crippen molar-refractivity contribution >= 4 is 23.3 Å². The SMILES string of the molecule is CCC(CNC(=O)N(C)Cc1cscn1)CC(=O)O. The van der Waals surface area contributed by atoms with Gasteiger partial charge in [0.15, 0.2) is 0 Å². The Morgan fingerprint density at radius 1 is 1.58 bits per heavy atom. The Morgan fingerprint density at radius 3 is 2.84 bits per heavy atom. The Labute approximate surface area is 116 Å². The minimum absolute atomic E-state index is 0.0332. The van der Waals surface area contributed by atoms with E-state index in [1.54, 1.807) is 12.6 Å². The van der Waals surface area contributed by atoms with Crippen LogP contribution >= 0.6 is 11.3 Å². The maximum absolute atomic E-state index is 11.8. The van der Waals surface area contributed by atoms with Gasteiger partial charge in [-0.2, -0.15) is 0 Å². The summed E-state index contributed by atoms with van der Waals surface area (Å²) in [6, 6.07) is -0.211. The highest BCUT2D eigenvalue weighted by molar-refractivity contribution is 7.07. The third kappa shape index (κ3) is 5.69. The molecule has 2 amide bonds. The molecular formula is C12H19N3O3S. The number of carbonyl (C=O) groups is 2. The summed E-state index contributed by atoms with van der Waals surface area (Å²) in [5.41, 5.74) is 2.57. The van der Waals surface area contributed by atoms with E-state index in [1.807, 2.05) is 12.3 Å². The molecule has 0 aliphatic heterocycles. The van der Waals surface area contributed by atoms with E-state index in [2.05, 4.69) is 10.3 Å². The maximum atomic E-state index is 11.8. The van der Waals surface area contributed by atoms with Crippen molar-refractivity contribution < 1.29 is 14.7 Å². The lowest BCUT2D eigenvalue weighted by atomic mass is 10.0. The molecule has 1 rings (SSSR count). The predicted molar refractivity (Wildman–Crippen MR) is 73.0 cm³/mol. The highest BCUT2D eigenvalue weighted by Gasteiger charge is 2.14. The molecule has 106 valence electrons. The van der Waals surface area contributed by atoms with Crippen molar-refractivity contribution in [2.75, 3.05) is 13.6 Å². The molecule has 1 unspecified atom stereocenters. The molecule has 1 heterocycles. The van der Waals surface area contributed by atoms with E-state index in [4.69, 9.17) is 5.11 Å². The van der Waals surface area contributed by atoms with Crippen LogP contribution in [0.3, 0.4) is 0 Å². The Morgan fingerprint density at radius 2 is 2.32 bits per heavy atom. The van der Waals surface area contributed by atoms with Crippen molar-refractivity contribution in [3.8, 4) is 0 Å². The van der Waals surface area contributed by atoms with Gasteiger partial charge in [0.05, 0.1) is 17.7 Å². The van der Waals surface area contributed by atoms with Crippen molar-refractivity contribution in [1.82, 2.24) is 15.2 Å². The topological polar surface area (TPSA) is 82.5 Å². The first kappa shape index (κ1) is 15.4. The zero-order valence-electron chi connectivity index (χ0n) is 11.1. The molecule has 6 nitrogen and oxygen atoms in total. The third-order valence-corrected chi connectivity index (χ3v) is 3.45. The van der Waals surface area contributed by atoms with Crippen LogP contribution in [-0.2, 0) is 11.3 Å². The number of amides is 2. The van der Waals surface area contributed by atoms with Crippen molar-refractivity contribution in [2.45, 2.75) is 26.3 Å². The molecule has 0 aliphatic carbocycles. The number of hydrogen-bond acceptors (Lipinski definition) is 4. The standard InChI is InChI=1S/C12H19N3O3S/c1-3-9(4-11(16)17)5-13-12(18)15(2)6-10-7-19-8-14-10/h7-9H,3-6H2,1-2H3,(H,13,18)(H,16,17). The maximum Gasteiger partial charge on any atom is 0.317 e. The number of thiazole rings is 1. The van der Waals surface area contributed by atoms with Gasteiger partial charge in [0.25, 0.3) is 0 Å². The van der Waals surface area contributed by atoms with Gasteiger partial charge >= 0.3 is 12.0 Å². The largest absolute Gasteiger partial charge is 0.481 e. The van der Waals surface area contributed by atoms with Gasteiger partial charge in [-0.1, -0.05) is 13.3 Å². The molecule has 0 saturated heterocycles. The average molecular weight is 285 g/mol. The van der Waals surface area contributed by atoms with Crippen LogP contribution in [0.25, 0.3) is 0 Å². The Hall–Kier alpha value is -1.63. The molecule has 7 heteroatoms. The minimum atomic E-state index is -0.836. The fourth-order valence-corrected chi connectivity index (χ4v) is 2.15. The molecule has 0 bridgehead atoms. The van der Waals surface area contributed by atoms with E-state index < -0.39 is 5.97 Å². The third-order valence-electron chi connectivity index (χ3n) is 2.81. The van der Waals surface area contributed by atoms with Crippen molar-refractivity contribution in [2.24, 2.45) is 5.92 Å². The summed E-state index contributed by atoms with van der Waals surface area (Å²) in [6.07, 6.45) is 0.801. The Balaban J connectivity index is 2.35. The average Bonchev–Trinajstić information content (AvgIpc) is 2.86. The summed E-state index contributed by atoms with van der Waals surface area (Å²) in [5, 5.41) is 13.4. The van der Waals surface area contributed by atoms with Crippen LogP contribution in [0.2, 0.25) is 0 Å². The summed E-state index contributed by atoms with van der Waals surface area (Å²) in [5.74, 6) is -0.869. The van der Waals surface area contributed by atoms with E-state index in [0.29, 0.717) is 13.1 Å². The summed E-state index contributed by atoms with van der Waals surface area (Å²) in [7, 11) is 1.69. The van der Waals surface area contributed by atoms with Crippen LogP contribution in [0.15, 0.2) is 10.9 Å². The summed E-state index contributed by atoms with van der Waals surface area (Å²) in [6.45, 7) is 2.74. The zero-order valence-corrected chi connectivity index (χ0v) is 11.9. The normalized spacial score (nSPS) is 11.9. The second kappa shape index (κ2) is 7.73. The van der Waals surface area contributed by atoms with Crippen LogP contribution < -0.4 is 5.32 Å². The Kier molecular flexibility index (Phi) is 6.27. The second-order valence-electron chi connectivity index (χ2n) is 4.39. The van der Waals surface area contributed by atoms with Gasteiger partial charge in [-0.25, -0.2) is 9.78 Å². The van der Waals surface area contributed by atoms with Crippen molar-refractivity contribution in [1.29, 1.82) is 0 Å². The molecule has 0 radical (unpaired) electrons. The van der Waals surface area contributed by atoms with Gasteiger partial charge in [0.2, 0.25) is 0 Å². The number of hydrogen-bond donors (Lipinski definition) is 2. The molecule has 0 fully saturated rings. The quantitative estimate of drug-likeness (QED) is 0.800. The van der Waals surface area contributed by atoms with E-state index in [1.165, 1.54) is 16.2 Å². The van der Waals surface area contributed by atoms with E-state index in [0.717, 1.165) is 12.1 Å². The summed E-state index contributed by atoms with van der Waals surface area (Å²) in [4.78, 5) is 28.1. The molecular weight excluding hydrogens is 266 g/mol. The van der Waals surface area contributed by atoms with Gasteiger partial charge in [0, 0.05) is 25.4 Å². The van der Waals surface area contributed by atoms with E-state index in [9.17, 15) is 9.59 Å². The number of carbonyl (C=O) groups excluding carboxylic acids is 1. The molecule has 0 aliphatic rings. The molecule has 0 aromatic carbocycles.